The number of aromatic carboxylic acids is 1. The molecule has 5 nitrogen and oxygen atoms in total. The molecule has 3 aromatic rings. The molecule has 2 aromatic carbocycles. The van der Waals surface area contributed by atoms with Gasteiger partial charge >= 0.3 is 12.1 Å². The quantitative estimate of drug-likeness (QED) is 0.480. The molecule has 178 valence electrons. The van der Waals surface area contributed by atoms with Gasteiger partial charge in [0.1, 0.15) is 0 Å². The molecule has 0 radical (unpaired) electrons. The highest BCUT2D eigenvalue weighted by atomic mass is 19.4. The molecule has 0 spiro atoms. The summed E-state index contributed by atoms with van der Waals surface area (Å²) < 4.78 is 37.9. The number of aryl methyl sites for hydroxylation is 1. The van der Waals surface area contributed by atoms with E-state index >= 15 is 0 Å². The predicted molar refractivity (Wildman–Crippen MR) is 125 cm³/mol. The van der Waals surface area contributed by atoms with Gasteiger partial charge in [-0.05, 0) is 78.4 Å². The third-order valence-corrected chi connectivity index (χ3v) is 6.24. The number of anilines is 2. The first kappa shape index (κ1) is 23.8. The van der Waals surface area contributed by atoms with Crippen molar-refractivity contribution in [2.24, 2.45) is 0 Å². The fourth-order valence-corrected chi connectivity index (χ4v) is 4.46. The molecule has 1 aliphatic heterocycles. The van der Waals surface area contributed by atoms with Crippen molar-refractivity contribution < 1.29 is 23.1 Å². The lowest BCUT2D eigenvalue weighted by Crippen LogP contribution is -2.30. The number of fused-ring (bicyclic) bond motifs is 1. The van der Waals surface area contributed by atoms with E-state index < -0.39 is 18.6 Å². The lowest BCUT2D eigenvalue weighted by molar-refractivity contribution is -0.127. The lowest BCUT2D eigenvalue weighted by atomic mass is 9.89. The second-order valence-electron chi connectivity index (χ2n) is 8.53. The molecule has 0 saturated heterocycles. The van der Waals surface area contributed by atoms with E-state index in [1.807, 2.05) is 18.0 Å². The normalized spacial score (nSPS) is 15.6. The lowest BCUT2D eigenvalue weighted by Gasteiger charge is -2.29. The number of carbonyl (C=O) groups is 1. The molecule has 0 aliphatic carbocycles. The van der Waals surface area contributed by atoms with Crippen molar-refractivity contribution in [1.29, 1.82) is 0 Å². The molecule has 0 unspecified atom stereocenters. The number of nitrogens with one attached hydrogen (secondary N) is 1. The number of aromatic nitrogens is 1. The SMILES string of the molecule is CN(c1ccc(CC(F)(F)F)cc1)c1ccc2c(c1)CCN[C@@H]2CCc1cnccc1C(=O)O. The molecule has 2 N–H and O–H groups in total. The smallest absolute Gasteiger partial charge is 0.393 e. The van der Waals surface area contributed by atoms with Gasteiger partial charge in [0, 0.05) is 36.9 Å². The summed E-state index contributed by atoms with van der Waals surface area (Å²) in [6.07, 6.45) is 0.160. The van der Waals surface area contributed by atoms with E-state index in [4.69, 9.17) is 0 Å². The number of benzene rings is 2. The van der Waals surface area contributed by atoms with Crippen LogP contribution in [0.25, 0.3) is 0 Å². The van der Waals surface area contributed by atoms with Crippen LogP contribution in [0.2, 0.25) is 0 Å². The molecule has 1 aromatic heterocycles. The van der Waals surface area contributed by atoms with Gasteiger partial charge < -0.3 is 15.3 Å². The summed E-state index contributed by atoms with van der Waals surface area (Å²) in [5, 5.41) is 12.9. The van der Waals surface area contributed by atoms with Gasteiger partial charge in [0.2, 0.25) is 0 Å². The molecule has 0 amide bonds. The molecule has 8 heteroatoms. The Kier molecular flexibility index (Phi) is 6.88. The average Bonchev–Trinajstić information content (AvgIpc) is 2.81. The van der Waals surface area contributed by atoms with Crippen LogP contribution in [0.4, 0.5) is 24.5 Å². The van der Waals surface area contributed by atoms with E-state index in [0.29, 0.717) is 12.0 Å². The fraction of sp³-hybridized carbons (Fsp3) is 0.308. The zero-order chi connectivity index (χ0) is 24.3. The topological polar surface area (TPSA) is 65.5 Å². The van der Waals surface area contributed by atoms with Crippen molar-refractivity contribution in [3.63, 3.8) is 0 Å². The van der Waals surface area contributed by atoms with Crippen molar-refractivity contribution >= 4 is 17.3 Å². The minimum absolute atomic E-state index is 0.103. The summed E-state index contributed by atoms with van der Waals surface area (Å²) in [5.74, 6) is -0.950. The summed E-state index contributed by atoms with van der Waals surface area (Å²) >= 11 is 0. The van der Waals surface area contributed by atoms with Crippen molar-refractivity contribution in [2.45, 2.75) is 37.9 Å². The van der Waals surface area contributed by atoms with Gasteiger partial charge in [0.05, 0.1) is 12.0 Å². The number of nitrogens with zero attached hydrogens (tertiary/aromatic N) is 2. The van der Waals surface area contributed by atoms with Crippen LogP contribution in [0.5, 0.6) is 0 Å². The third kappa shape index (κ3) is 5.56. The van der Waals surface area contributed by atoms with Gasteiger partial charge in [-0.1, -0.05) is 18.2 Å². The van der Waals surface area contributed by atoms with Crippen LogP contribution < -0.4 is 10.2 Å². The number of halogens is 3. The summed E-state index contributed by atoms with van der Waals surface area (Å²) in [4.78, 5) is 17.5. The summed E-state index contributed by atoms with van der Waals surface area (Å²) in [6, 6.07) is 14.3. The van der Waals surface area contributed by atoms with E-state index in [0.717, 1.165) is 30.8 Å². The summed E-state index contributed by atoms with van der Waals surface area (Å²) in [5.41, 5.74) is 5.41. The Balaban J connectivity index is 1.48. The van der Waals surface area contributed by atoms with E-state index in [2.05, 4.69) is 22.4 Å². The minimum Gasteiger partial charge on any atom is -0.478 e. The highest BCUT2D eigenvalue weighted by Crippen LogP contribution is 2.33. The highest BCUT2D eigenvalue weighted by Gasteiger charge is 2.27. The maximum Gasteiger partial charge on any atom is 0.393 e. The first-order valence-electron chi connectivity index (χ1n) is 11.1. The number of hydrogen-bond donors (Lipinski definition) is 2. The van der Waals surface area contributed by atoms with E-state index in [9.17, 15) is 23.1 Å². The third-order valence-electron chi connectivity index (χ3n) is 6.24. The number of hydrogen-bond acceptors (Lipinski definition) is 4. The van der Waals surface area contributed by atoms with E-state index in [1.165, 1.54) is 35.5 Å². The van der Waals surface area contributed by atoms with E-state index in [-0.39, 0.29) is 17.2 Å². The molecule has 1 aliphatic rings. The number of pyridine rings is 1. The Labute approximate surface area is 196 Å². The Morgan fingerprint density at radius 1 is 1.15 bits per heavy atom. The van der Waals surface area contributed by atoms with Gasteiger partial charge in [0.15, 0.2) is 0 Å². The predicted octanol–water partition coefficient (Wildman–Crippen LogP) is 5.47. The first-order valence-corrected chi connectivity index (χ1v) is 11.1. The zero-order valence-corrected chi connectivity index (χ0v) is 18.8. The van der Waals surface area contributed by atoms with Crippen molar-refractivity contribution in [1.82, 2.24) is 10.3 Å². The Hall–Kier alpha value is -3.39. The molecular formula is C26H26F3N3O2. The first-order chi connectivity index (χ1) is 16.2. The van der Waals surface area contributed by atoms with Crippen molar-refractivity contribution in [3.8, 4) is 0 Å². The molecular weight excluding hydrogens is 443 g/mol. The highest BCUT2D eigenvalue weighted by molar-refractivity contribution is 5.89. The minimum atomic E-state index is -4.22. The molecule has 4 rings (SSSR count). The van der Waals surface area contributed by atoms with Gasteiger partial charge in [-0.15, -0.1) is 0 Å². The van der Waals surface area contributed by atoms with Gasteiger partial charge in [-0.25, -0.2) is 4.79 Å². The average molecular weight is 470 g/mol. The van der Waals surface area contributed by atoms with Crippen LogP contribution in [0.15, 0.2) is 60.9 Å². The molecule has 1 atom stereocenters. The number of alkyl halides is 3. The molecule has 34 heavy (non-hydrogen) atoms. The Morgan fingerprint density at radius 3 is 2.59 bits per heavy atom. The van der Waals surface area contributed by atoms with Gasteiger partial charge in [-0.2, -0.15) is 13.2 Å². The second-order valence-corrected chi connectivity index (χ2v) is 8.53. The van der Waals surface area contributed by atoms with Crippen LogP contribution in [-0.4, -0.2) is 35.8 Å². The standard InChI is InChI=1S/C26H26F3N3O2/c1-32(20-5-2-17(3-6-20)15-26(27,28)29)21-7-8-22-18(14-21)10-13-31-24(22)9-4-19-16-30-12-11-23(19)25(33)34/h2-3,5-8,11-12,14,16,24,31H,4,9-10,13,15H2,1H3,(H,33,34)/t24-/m1/s1. The van der Waals surface area contributed by atoms with Crippen LogP contribution in [0, 0.1) is 0 Å². The molecule has 0 bridgehead atoms. The van der Waals surface area contributed by atoms with E-state index in [1.54, 1.807) is 18.3 Å². The molecule has 0 fully saturated rings. The Morgan fingerprint density at radius 2 is 1.88 bits per heavy atom. The van der Waals surface area contributed by atoms with Crippen LogP contribution in [-0.2, 0) is 19.3 Å². The van der Waals surface area contributed by atoms with Crippen molar-refractivity contribution in [2.75, 3.05) is 18.5 Å². The Bertz CT molecular complexity index is 1160. The van der Waals surface area contributed by atoms with Gasteiger partial charge in [-0.3, -0.25) is 4.98 Å². The fourth-order valence-electron chi connectivity index (χ4n) is 4.46. The number of carboxylic acids is 1. The van der Waals surface area contributed by atoms with Crippen LogP contribution in [0.3, 0.4) is 0 Å². The van der Waals surface area contributed by atoms with Crippen LogP contribution >= 0.6 is 0 Å². The second kappa shape index (κ2) is 9.85. The maximum atomic E-state index is 12.6. The number of rotatable bonds is 7. The number of carboxylic acid groups (broad SMARTS) is 1. The zero-order valence-electron chi connectivity index (χ0n) is 18.8. The largest absolute Gasteiger partial charge is 0.478 e. The summed E-state index contributed by atoms with van der Waals surface area (Å²) in [7, 11) is 1.90. The summed E-state index contributed by atoms with van der Waals surface area (Å²) in [6.45, 7) is 0.815. The maximum absolute atomic E-state index is 12.6. The molecule has 2 heterocycles. The van der Waals surface area contributed by atoms with Gasteiger partial charge in [0.25, 0.3) is 0 Å². The van der Waals surface area contributed by atoms with Crippen molar-refractivity contribution in [3.05, 3.63) is 88.7 Å². The molecule has 0 saturated carbocycles. The van der Waals surface area contributed by atoms with Crippen LogP contribution in [0.1, 0.15) is 45.1 Å². The monoisotopic (exact) mass is 469 g/mol.